The van der Waals surface area contributed by atoms with Gasteiger partial charge in [-0.3, -0.25) is 4.90 Å². The van der Waals surface area contributed by atoms with E-state index in [-0.39, 0.29) is 30.8 Å². The van der Waals surface area contributed by atoms with Crippen LogP contribution in [0.25, 0.3) is 0 Å². The first-order valence-electron chi connectivity index (χ1n) is 13.3. The Balaban J connectivity index is 1.50. The van der Waals surface area contributed by atoms with Crippen molar-refractivity contribution in [3.05, 3.63) is 107 Å². The highest BCUT2D eigenvalue weighted by molar-refractivity contribution is 5.73. The Kier molecular flexibility index (Phi) is 9.90. The molecule has 0 spiro atoms. The highest BCUT2D eigenvalue weighted by Crippen LogP contribution is 2.41. The second-order valence-corrected chi connectivity index (χ2v) is 9.96. The van der Waals surface area contributed by atoms with Gasteiger partial charge in [0.1, 0.15) is 0 Å². The second kappa shape index (κ2) is 13.5. The van der Waals surface area contributed by atoms with Crippen LogP contribution in [0, 0.1) is 5.92 Å². The van der Waals surface area contributed by atoms with Crippen LogP contribution < -0.4 is 10.6 Å². The minimum Gasteiger partial charge on any atom is -0.392 e. The van der Waals surface area contributed by atoms with Crippen molar-refractivity contribution in [3.8, 4) is 0 Å². The van der Waals surface area contributed by atoms with E-state index < -0.39 is 6.29 Å². The average Bonchev–Trinajstić information content (AvgIpc) is 2.94. The van der Waals surface area contributed by atoms with Gasteiger partial charge in [0.15, 0.2) is 6.29 Å². The molecule has 4 unspecified atom stereocenters. The summed E-state index contributed by atoms with van der Waals surface area (Å²) in [4.78, 5) is 14.0. The summed E-state index contributed by atoms with van der Waals surface area (Å²) in [5, 5.41) is 15.1. The predicted molar refractivity (Wildman–Crippen MR) is 148 cm³/mol. The number of aliphatic hydroxyl groups excluding tert-OH is 1. The Morgan fingerprint density at radius 1 is 0.868 bits per heavy atom. The molecule has 1 aliphatic rings. The fourth-order valence-corrected chi connectivity index (χ4v) is 4.79. The van der Waals surface area contributed by atoms with Gasteiger partial charge >= 0.3 is 6.03 Å². The van der Waals surface area contributed by atoms with E-state index in [0.29, 0.717) is 13.1 Å². The molecule has 1 heterocycles. The van der Waals surface area contributed by atoms with E-state index in [2.05, 4.69) is 53.8 Å². The van der Waals surface area contributed by atoms with Crippen LogP contribution in [0.5, 0.6) is 0 Å². The smallest absolute Gasteiger partial charge is 0.315 e. The molecule has 7 heteroatoms. The number of hydrogen-bond donors (Lipinski definition) is 3. The van der Waals surface area contributed by atoms with Gasteiger partial charge in [0.25, 0.3) is 0 Å². The van der Waals surface area contributed by atoms with Crippen molar-refractivity contribution in [2.75, 3.05) is 20.1 Å². The molecule has 0 saturated carbocycles. The normalized spacial score (nSPS) is 21.3. The minimum absolute atomic E-state index is 0.0152. The zero-order chi connectivity index (χ0) is 26.9. The van der Waals surface area contributed by atoms with Crippen molar-refractivity contribution in [2.45, 2.75) is 52.0 Å². The summed E-state index contributed by atoms with van der Waals surface area (Å²) in [6.07, 6.45) is -0.728. The molecule has 4 atom stereocenters. The van der Waals surface area contributed by atoms with Gasteiger partial charge in [-0.1, -0.05) is 85.8 Å². The van der Waals surface area contributed by atoms with Crippen LogP contribution in [0.2, 0.25) is 0 Å². The number of urea groups is 1. The van der Waals surface area contributed by atoms with E-state index >= 15 is 0 Å². The van der Waals surface area contributed by atoms with E-state index in [1.165, 1.54) is 5.56 Å². The number of amides is 2. The molecular formula is C31H39N3O4. The van der Waals surface area contributed by atoms with E-state index in [0.717, 1.165) is 35.3 Å². The highest BCUT2D eigenvalue weighted by Gasteiger charge is 2.38. The van der Waals surface area contributed by atoms with Crippen molar-refractivity contribution in [1.82, 2.24) is 15.5 Å². The topological polar surface area (TPSA) is 83.1 Å². The quantitative estimate of drug-likeness (QED) is 0.356. The number of ether oxygens (including phenoxy) is 2. The molecule has 1 aliphatic heterocycles. The third kappa shape index (κ3) is 7.42. The molecule has 1 fully saturated rings. The number of hydrogen-bond acceptors (Lipinski definition) is 5. The zero-order valence-electron chi connectivity index (χ0n) is 22.5. The molecule has 3 N–H and O–H groups in total. The summed E-state index contributed by atoms with van der Waals surface area (Å²) in [7, 11) is 2.12. The lowest BCUT2D eigenvalue weighted by Gasteiger charge is -2.42. The Hall–Kier alpha value is -3.23. The van der Waals surface area contributed by atoms with Gasteiger partial charge < -0.3 is 25.2 Å². The Labute approximate surface area is 225 Å². The molecule has 0 aromatic heterocycles. The summed E-state index contributed by atoms with van der Waals surface area (Å²) in [5.41, 5.74) is 5.15. The molecular weight excluding hydrogens is 478 g/mol. The molecule has 0 radical (unpaired) electrons. The average molecular weight is 518 g/mol. The van der Waals surface area contributed by atoms with Gasteiger partial charge in [0, 0.05) is 37.7 Å². The number of carbonyl (C=O) groups excluding carboxylic acids is 1. The second-order valence-electron chi connectivity index (χ2n) is 9.96. The van der Waals surface area contributed by atoms with E-state index in [4.69, 9.17) is 9.47 Å². The monoisotopic (exact) mass is 517 g/mol. The maximum Gasteiger partial charge on any atom is 0.315 e. The summed E-state index contributed by atoms with van der Waals surface area (Å²) < 4.78 is 13.1. The number of carbonyl (C=O) groups is 1. The third-order valence-electron chi connectivity index (χ3n) is 6.95. The van der Waals surface area contributed by atoms with Crippen LogP contribution in [0.4, 0.5) is 4.79 Å². The van der Waals surface area contributed by atoms with Gasteiger partial charge in [-0.2, -0.15) is 0 Å². The SMILES string of the molecule is CCNC(=O)NCc1ccc(C2OC(CN(C)Cc3ccccc3)C(C)C(c3ccc(CO)cc3)O2)cc1. The van der Waals surface area contributed by atoms with Crippen LogP contribution in [-0.2, 0) is 29.2 Å². The molecule has 2 amide bonds. The first kappa shape index (κ1) is 27.8. The van der Waals surface area contributed by atoms with Crippen LogP contribution in [0.3, 0.4) is 0 Å². The Bertz CT molecular complexity index is 1140. The lowest BCUT2D eigenvalue weighted by atomic mass is 9.90. The largest absolute Gasteiger partial charge is 0.392 e. The van der Waals surface area contributed by atoms with E-state index in [9.17, 15) is 9.90 Å². The number of aliphatic hydroxyl groups is 1. The number of likely N-dealkylation sites (N-methyl/N-ethyl adjacent to an activating group) is 1. The standard InChI is InChI=1S/C31H39N3O4/c1-4-32-31(36)33-18-23-10-16-27(17-11-23)30-37-28(20-34(3)19-24-8-6-5-7-9-24)22(2)29(38-30)26-14-12-25(21-35)13-15-26/h5-17,22,28-30,35H,4,18-21H2,1-3H3,(H2,32,33,36). The predicted octanol–water partition coefficient (Wildman–Crippen LogP) is 4.92. The van der Waals surface area contributed by atoms with Crippen molar-refractivity contribution in [2.24, 2.45) is 5.92 Å². The van der Waals surface area contributed by atoms with Crippen molar-refractivity contribution >= 4 is 6.03 Å². The molecule has 4 rings (SSSR count). The first-order valence-corrected chi connectivity index (χ1v) is 13.3. The number of rotatable bonds is 10. The molecule has 3 aromatic rings. The summed E-state index contributed by atoms with van der Waals surface area (Å²) in [6.45, 7) is 6.71. The fraction of sp³-hybridized carbons (Fsp3) is 0.387. The minimum atomic E-state index is -0.519. The molecule has 0 aliphatic carbocycles. The molecule has 7 nitrogen and oxygen atoms in total. The van der Waals surface area contributed by atoms with Crippen molar-refractivity contribution in [1.29, 1.82) is 0 Å². The fourth-order valence-electron chi connectivity index (χ4n) is 4.79. The molecule has 202 valence electrons. The van der Waals surface area contributed by atoms with Crippen LogP contribution >= 0.6 is 0 Å². The molecule has 0 bridgehead atoms. The van der Waals surface area contributed by atoms with Gasteiger partial charge in [0.05, 0.1) is 18.8 Å². The van der Waals surface area contributed by atoms with Gasteiger partial charge in [-0.15, -0.1) is 0 Å². The van der Waals surface area contributed by atoms with E-state index in [1.54, 1.807) is 0 Å². The summed E-state index contributed by atoms with van der Waals surface area (Å²) >= 11 is 0. The van der Waals surface area contributed by atoms with E-state index in [1.807, 2.05) is 61.5 Å². The van der Waals surface area contributed by atoms with Crippen molar-refractivity contribution < 1.29 is 19.4 Å². The number of nitrogens with zero attached hydrogens (tertiary/aromatic N) is 1. The lowest BCUT2D eigenvalue weighted by molar-refractivity contribution is -0.276. The molecule has 1 saturated heterocycles. The van der Waals surface area contributed by atoms with Gasteiger partial charge in [-0.05, 0) is 36.2 Å². The van der Waals surface area contributed by atoms with Crippen LogP contribution in [0.15, 0.2) is 78.9 Å². The van der Waals surface area contributed by atoms with Crippen molar-refractivity contribution in [3.63, 3.8) is 0 Å². The molecule has 3 aromatic carbocycles. The maximum atomic E-state index is 11.7. The maximum absolute atomic E-state index is 11.7. The third-order valence-corrected chi connectivity index (χ3v) is 6.95. The van der Waals surface area contributed by atoms with Gasteiger partial charge in [0.2, 0.25) is 0 Å². The number of benzene rings is 3. The first-order chi connectivity index (χ1) is 18.5. The number of nitrogens with one attached hydrogen (secondary N) is 2. The van der Waals surface area contributed by atoms with Crippen LogP contribution in [0.1, 0.15) is 54.1 Å². The lowest BCUT2D eigenvalue weighted by Crippen LogP contribution is -2.43. The van der Waals surface area contributed by atoms with Crippen LogP contribution in [-0.4, -0.2) is 42.3 Å². The molecule has 38 heavy (non-hydrogen) atoms. The summed E-state index contributed by atoms with van der Waals surface area (Å²) in [5.74, 6) is 0.116. The highest BCUT2D eigenvalue weighted by atomic mass is 16.7. The Morgan fingerprint density at radius 2 is 1.53 bits per heavy atom. The summed E-state index contributed by atoms with van der Waals surface area (Å²) in [6, 6.07) is 26.2. The van der Waals surface area contributed by atoms with Gasteiger partial charge in [-0.25, -0.2) is 4.79 Å². The zero-order valence-corrected chi connectivity index (χ0v) is 22.5. The Morgan fingerprint density at radius 3 is 2.18 bits per heavy atom.